The fourth-order valence-electron chi connectivity index (χ4n) is 6.72. The van der Waals surface area contributed by atoms with E-state index < -0.39 is 10.1 Å². The lowest BCUT2D eigenvalue weighted by Gasteiger charge is -2.53. The molecule has 5 heteroatoms. The number of hydrogen-bond donors (Lipinski definition) is 0. The molecular weight excluding hydrogens is 328 g/mol. The van der Waals surface area contributed by atoms with Crippen LogP contribution in [-0.2, 0) is 14.3 Å². The minimum atomic E-state index is -3.64. The lowest BCUT2D eigenvalue weighted by atomic mass is 9.50. The van der Waals surface area contributed by atoms with E-state index in [1.54, 1.807) is 12.1 Å². The third kappa shape index (κ3) is 1.51. The van der Waals surface area contributed by atoms with Crippen molar-refractivity contribution in [2.75, 3.05) is 0 Å². The number of fused-ring (bicyclic) bond motifs is 2. The van der Waals surface area contributed by atoms with E-state index in [0.717, 1.165) is 29.2 Å². The molecule has 0 radical (unpaired) electrons. The Bertz CT molecular complexity index is 783. The monoisotopic (exact) mass is 348 g/mol. The van der Waals surface area contributed by atoms with Crippen LogP contribution in [0.15, 0.2) is 29.2 Å². The maximum Gasteiger partial charge on any atom is 0.297 e. The van der Waals surface area contributed by atoms with Gasteiger partial charge in [0, 0.05) is 22.3 Å². The van der Waals surface area contributed by atoms with Crippen molar-refractivity contribution in [3.05, 3.63) is 29.8 Å². The van der Waals surface area contributed by atoms with Crippen LogP contribution in [-0.4, -0.2) is 25.0 Å². The van der Waals surface area contributed by atoms with E-state index in [-0.39, 0.29) is 6.10 Å². The summed E-state index contributed by atoms with van der Waals surface area (Å²) in [6, 6.07) is 7.05. The van der Waals surface area contributed by atoms with E-state index in [0.29, 0.717) is 27.2 Å². The average Bonchev–Trinajstić information content (AvgIpc) is 2.83. The highest BCUT2D eigenvalue weighted by atomic mass is 32.2. The molecule has 1 saturated heterocycles. The molecule has 6 fully saturated rings. The van der Waals surface area contributed by atoms with Crippen LogP contribution in [0.4, 0.5) is 0 Å². The van der Waals surface area contributed by atoms with Gasteiger partial charge in [0.25, 0.3) is 10.1 Å². The second-order valence-corrected chi connectivity index (χ2v) is 11.0. The summed E-state index contributed by atoms with van der Waals surface area (Å²) in [5.74, 6) is 4.25. The first-order valence-electron chi connectivity index (χ1n) is 8.72. The highest BCUT2D eigenvalue weighted by molar-refractivity contribution is 8.01. The van der Waals surface area contributed by atoms with Gasteiger partial charge in [-0.1, -0.05) is 17.7 Å². The number of rotatable bonds is 3. The number of aryl methyl sites for hydroxylation is 1. The van der Waals surface area contributed by atoms with Crippen molar-refractivity contribution < 1.29 is 12.6 Å². The van der Waals surface area contributed by atoms with Gasteiger partial charge in [0.1, 0.15) is 0 Å². The van der Waals surface area contributed by atoms with Crippen LogP contribution in [0.1, 0.15) is 18.4 Å². The van der Waals surface area contributed by atoms with Crippen molar-refractivity contribution in [3.8, 4) is 0 Å². The zero-order chi connectivity index (χ0) is 15.5. The normalized spacial score (nSPS) is 51.3. The fraction of sp³-hybridized carbons (Fsp3) is 0.667. The van der Waals surface area contributed by atoms with Crippen molar-refractivity contribution in [1.29, 1.82) is 0 Å². The SMILES string of the molecule is Cc1ccc(S(=O)(=O)O[C@@H]2[C@H]3[C@H]4CC[C@H]5[C@H]3S[C@H]3[C@@H]2[C@@H]4[C@@H]53)cc1. The fourth-order valence-corrected chi connectivity index (χ4v) is 10.4. The lowest BCUT2D eigenvalue weighted by molar-refractivity contribution is -0.0342. The Hall–Kier alpha value is -0.520. The molecule has 1 aliphatic heterocycles. The Morgan fingerprint density at radius 2 is 1.70 bits per heavy atom. The molecule has 3 nitrogen and oxygen atoms in total. The van der Waals surface area contributed by atoms with Crippen LogP contribution in [0, 0.1) is 42.4 Å². The summed E-state index contributed by atoms with van der Waals surface area (Å²) in [5, 5.41) is 1.37. The maximum absolute atomic E-state index is 12.7. The molecule has 5 aliphatic carbocycles. The van der Waals surface area contributed by atoms with E-state index >= 15 is 0 Å². The molecule has 6 bridgehead atoms. The summed E-state index contributed by atoms with van der Waals surface area (Å²) < 4.78 is 31.4. The molecule has 0 amide bonds. The van der Waals surface area contributed by atoms with Crippen LogP contribution in [0.2, 0.25) is 0 Å². The summed E-state index contributed by atoms with van der Waals surface area (Å²) in [4.78, 5) is 0.312. The molecule has 5 saturated carbocycles. The van der Waals surface area contributed by atoms with E-state index in [2.05, 4.69) is 11.8 Å². The van der Waals surface area contributed by atoms with Gasteiger partial charge >= 0.3 is 0 Å². The molecule has 1 aromatic rings. The Kier molecular flexibility index (Phi) is 2.49. The van der Waals surface area contributed by atoms with E-state index in [1.807, 2.05) is 19.1 Å². The molecular formula is C18H20O3S2. The molecule has 1 aromatic carbocycles. The first-order chi connectivity index (χ1) is 11.1. The van der Waals surface area contributed by atoms with E-state index in [4.69, 9.17) is 4.18 Å². The van der Waals surface area contributed by atoms with Gasteiger partial charge < -0.3 is 0 Å². The van der Waals surface area contributed by atoms with Gasteiger partial charge in [-0.15, -0.1) is 0 Å². The summed E-state index contributed by atoms with van der Waals surface area (Å²) in [6.07, 6.45) is 2.64. The standard InChI is InChI=1S/C18H20O3S2/c1-8-2-4-9(5-3-8)23(19,20)21-16-14-10-6-7-11-13-12(10)15(16)18(13)22-17(11)14/h2-5,10-18H,6-7H2,1H3/t10-,11+,12-,13+,14+,15+,16+,17+,18+/m0/s1. The number of hydrogen-bond acceptors (Lipinski definition) is 4. The highest BCUT2D eigenvalue weighted by Gasteiger charge is 2.79. The minimum Gasteiger partial charge on any atom is -0.262 e. The maximum atomic E-state index is 12.7. The first-order valence-corrected chi connectivity index (χ1v) is 11.1. The third-order valence-electron chi connectivity index (χ3n) is 7.39. The quantitative estimate of drug-likeness (QED) is 0.788. The molecule has 0 spiro atoms. The predicted octanol–water partition coefficient (Wildman–Crippen LogP) is 3.08. The topological polar surface area (TPSA) is 43.4 Å². The second kappa shape index (κ2) is 4.17. The smallest absolute Gasteiger partial charge is 0.262 e. The van der Waals surface area contributed by atoms with Gasteiger partial charge in [0.15, 0.2) is 0 Å². The van der Waals surface area contributed by atoms with Crippen molar-refractivity contribution in [3.63, 3.8) is 0 Å². The van der Waals surface area contributed by atoms with Crippen LogP contribution >= 0.6 is 11.8 Å². The van der Waals surface area contributed by atoms with Crippen molar-refractivity contribution in [1.82, 2.24) is 0 Å². The Morgan fingerprint density at radius 3 is 2.48 bits per heavy atom. The molecule has 23 heavy (non-hydrogen) atoms. The first kappa shape index (κ1) is 13.7. The zero-order valence-corrected chi connectivity index (χ0v) is 14.6. The predicted molar refractivity (Wildman–Crippen MR) is 88.6 cm³/mol. The van der Waals surface area contributed by atoms with Crippen LogP contribution in [0.3, 0.4) is 0 Å². The van der Waals surface area contributed by atoms with Crippen LogP contribution in [0.25, 0.3) is 0 Å². The van der Waals surface area contributed by atoms with Gasteiger partial charge in [0.05, 0.1) is 11.0 Å². The summed E-state index contributed by atoms with van der Waals surface area (Å²) in [6.45, 7) is 1.97. The third-order valence-corrected chi connectivity index (χ3v) is 10.6. The molecule has 9 atom stereocenters. The largest absolute Gasteiger partial charge is 0.297 e. The Labute approximate surface area is 141 Å². The summed E-state index contributed by atoms with van der Waals surface area (Å²) in [5.41, 5.74) is 1.07. The van der Waals surface area contributed by atoms with Gasteiger partial charge in [-0.05, 0) is 55.6 Å². The van der Waals surface area contributed by atoms with E-state index in [9.17, 15) is 8.42 Å². The average molecular weight is 348 g/mol. The zero-order valence-electron chi connectivity index (χ0n) is 13.0. The van der Waals surface area contributed by atoms with Crippen LogP contribution < -0.4 is 0 Å². The van der Waals surface area contributed by atoms with E-state index in [1.165, 1.54) is 12.8 Å². The van der Waals surface area contributed by atoms with Gasteiger partial charge in [-0.3, -0.25) is 4.18 Å². The molecule has 6 aliphatic rings. The number of thioether (sulfide) groups is 1. The molecule has 1 heterocycles. The molecule has 7 rings (SSSR count). The second-order valence-electron chi connectivity index (χ2n) is 8.11. The summed E-state index contributed by atoms with van der Waals surface area (Å²) in [7, 11) is -3.64. The van der Waals surface area contributed by atoms with Gasteiger partial charge in [-0.25, -0.2) is 0 Å². The lowest BCUT2D eigenvalue weighted by Crippen LogP contribution is -2.54. The van der Waals surface area contributed by atoms with Gasteiger partial charge in [0.2, 0.25) is 0 Å². The van der Waals surface area contributed by atoms with Crippen LogP contribution in [0.5, 0.6) is 0 Å². The molecule has 0 unspecified atom stereocenters. The highest BCUT2D eigenvalue weighted by Crippen LogP contribution is 2.80. The summed E-state index contributed by atoms with van der Waals surface area (Å²) >= 11 is 2.18. The minimum absolute atomic E-state index is 0.0471. The van der Waals surface area contributed by atoms with Gasteiger partial charge in [-0.2, -0.15) is 20.2 Å². The molecule has 122 valence electrons. The Morgan fingerprint density at radius 1 is 0.957 bits per heavy atom. The molecule has 0 aromatic heterocycles. The van der Waals surface area contributed by atoms with Crippen molar-refractivity contribution in [2.24, 2.45) is 35.5 Å². The number of benzene rings is 1. The van der Waals surface area contributed by atoms with Crippen molar-refractivity contribution >= 4 is 21.9 Å². The Balaban J connectivity index is 1.35. The van der Waals surface area contributed by atoms with Crippen molar-refractivity contribution in [2.45, 2.75) is 41.3 Å². The molecule has 0 N–H and O–H groups in total.